The fourth-order valence-electron chi connectivity index (χ4n) is 3.65. The van der Waals surface area contributed by atoms with E-state index < -0.39 is 84.9 Å². The maximum atomic E-state index is 13.1. The lowest BCUT2D eigenvalue weighted by atomic mass is 10.0. The van der Waals surface area contributed by atoms with Crippen LogP contribution in [0.15, 0.2) is 30.5 Å². The van der Waals surface area contributed by atoms with Gasteiger partial charge in [-0.1, -0.05) is 18.2 Å². The number of primary amides is 2. The van der Waals surface area contributed by atoms with Gasteiger partial charge in [-0.3, -0.25) is 28.8 Å². The summed E-state index contributed by atoms with van der Waals surface area (Å²) in [6, 6.07) is 0.618. The average Bonchev–Trinajstić information content (AvgIpc) is 3.24. The number of para-hydroxylation sites is 1. The van der Waals surface area contributed by atoms with E-state index in [1.54, 1.807) is 30.5 Å². The first-order valence-corrected chi connectivity index (χ1v) is 11.5. The average molecular weight is 548 g/mol. The molecule has 16 nitrogen and oxygen atoms in total. The molecule has 2 aromatic rings. The van der Waals surface area contributed by atoms with Crippen molar-refractivity contribution in [2.75, 3.05) is 0 Å². The van der Waals surface area contributed by atoms with Gasteiger partial charge in [0.05, 0.1) is 25.3 Å². The SMILES string of the molecule is NC(=O)CC(N)C(=O)NC(CC(N)=O)C(=O)NC(Cc1c[nH]c2ccccc12)C(=O)NC(CC(=O)O)C(=O)O. The summed E-state index contributed by atoms with van der Waals surface area (Å²) < 4.78 is 0. The van der Waals surface area contributed by atoms with E-state index in [1.165, 1.54) is 0 Å². The van der Waals surface area contributed by atoms with Gasteiger partial charge < -0.3 is 48.3 Å². The van der Waals surface area contributed by atoms with E-state index in [4.69, 9.17) is 22.3 Å². The number of carbonyl (C=O) groups excluding carboxylic acids is 5. The first-order valence-electron chi connectivity index (χ1n) is 11.5. The predicted molar refractivity (Wildman–Crippen MR) is 133 cm³/mol. The number of carboxylic acid groups (broad SMARTS) is 2. The molecule has 0 fully saturated rings. The molecular weight excluding hydrogens is 518 g/mol. The minimum absolute atomic E-state index is 0.195. The summed E-state index contributed by atoms with van der Waals surface area (Å²) in [7, 11) is 0. The molecule has 12 N–H and O–H groups in total. The molecule has 1 heterocycles. The Labute approximate surface area is 220 Å². The topological polar surface area (TPSA) is 290 Å². The third-order valence-corrected chi connectivity index (χ3v) is 5.52. The van der Waals surface area contributed by atoms with Crippen molar-refractivity contribution in [2.45, 2.75) is 49.9 Å². The number of carboxylic acids is 2. The van der Waals surface area contributed by atoms with Crippen molar-refractivity contribution in [1.82, 2.24) is 20.9 Å². The highest BCUT2D eigenvalue weighted by Crippen LogP contribution is 2.19. The summed E-state index contributed by atoms with van der Waals surface area (Å²) in [6.45, 7) is 0. The quantitative estimate of drug-likeness (QED) is 0.108. The van der Waals surface area contributed by atoms with Gasteiger partial charge in [-0.25, -0.2) is 4.79 Å². The maximum absolute atomic E-state index is 13.1. The van der Waals surface area contributed by atoms with Gasteiger partial charge in [0.15, 0.2) is 0 Å². The largest absolute Gasteiger partial charge is 0.481 e. The van der Waals surface area contributed by atoms with Crippen LogP contribution in [0.4, 0.5) is 0 Å². The number of amides is 5. The molecule has 4 atom stereocenters. The molecule has 0 radical (unpaired) electrons. The third kappa shape index (κ3) is 9.12. The lowest BCUT2D eigenvalue weighted by Gasteiger charge is -2.24. The van der Waals surface area contributed by atoms with Crippen molar-refractivity contribution in [2.24, 2.45) is 17.2 Å². The van der Waals surface area contributed by atoms with Crippen LogP contribution in [0.25, 0.3) is 10.9 Å². The van der Waals surface area contributed by atoms with Gasteiger partial charge in [-0.05, 0) is 11.6 Å². The molecule has 1 aromatic heterocycles. The standard InChI is InChI=1S/C23H29N7O9/c24-12(6-17(25)31)20(35)28-15(7-18(26)32)22(37)29-14(21(36)30-16(23(38)39)8-19(33)34)5-10-9-27-13-4-2-1-3-11(10)13/h1-4,9,12,14-16,27H,5-8,24H2,(H2,25,31)(H2,26,32)(H,28,35)(H,29,37)(H,30,36)(H,33,34)(H,38,39). The Morgan fingerprint density at radius 2 is 1.33 bits per heavy atom. The molecule has 0 aliphatic carbocycles. The molecule has 0 bridgehead atoms. The van der Waals surface area contributed by atoms with Crippen LogP contribution in [0.2, 0.25) is 0 Å². The molecule has 2 rings (SSSR count). The first kappa shape index (κ1) is 30.2. The number of hydrogen-bond donors (Lipinski definition) is 9. The van der Waals surface area contributed by atoms with Crippen LogP contribution in [0.3, 0.4) is 0 Å². The minimum Gasteiger partial charge on any atom is -0.481 e. The smallest absolute Gasteiger partial charge is 0.326 e. The summed E-state index contributed by atoms with van der Waals surface area (Å²) in [5.41, 5.74) is 17.0. The number of H-pyrrole nitrogens is 1. The second-order valence-electron chi connectivity index (χ2n) is 8.63. The summed E-state index contributed by atoms with van der Waals surface area (Å²) in [5, 5.41) is 25.6. The van der Waals surface area contributed by atoms with Crippen molar-refractivity contribution >= 4 is 52.4 Å². The first-order chi connectivity index (χ1) is 18.3. The number of aromatic nitrogens is 1. The summed E-state index contributed by atoms with van der Waals surface area (Å²) >= 11 is 0. The predicted octanol–water partition coefficient (Wildman–Crippen LogP) is -3.20. The molecule has 0 saturated carbocycles. The number of nitrogens with two attached hydrogens (primary N) is 3. The molecule has 0 spiro atoms. The number of nitrogens with one attached hydrogen (secondary N) is 4. The number of benzene rings is 1. The second-order valence-corrected chi connectivity index (χ2v) is 8.63. The number of fused-ring (bicyclic) bond motifs is 1. The molecule has 39 heavy (non-hydrogen) atoms. The van der Waals surface area contributed by atoms with Crippen LogP contribution in [0, 0.1) is 0 Å². The highest BCUT2D eigenvalue weighted by atomic mass is 16.4. The number of rotatable bonds is 15. The summed E-state index contributed by atoms with van der Waals surface area (Å²) in [6.07, 6.45) is -0.831. The van der Waals surface area contributed by atoms with Crippen molar-refractivity contribution in [1.29, 1.82) is 0 Å². The van der Waals surface area contributed by atoms with Crippen LogP contribution in [0.1, 0.15) is 24.8 Å². The van der Waals surface area contributed by atoms with Crippen LogP contribution in [-0.2, 0) is 40.0 Å². The van der Waals surface area contributed by atoms with E-state index in [0.717, 1.165) is 0 Å². The van der Waals surface area contributed by atoms with E-state index in [1.807, 2.05) is 0 Å². The van der Waals surface area contributed by atoms with Gasteiger partial charge in [0.1, 0.15) is 18.1 Å². The lowest BCUT2D eigenvalue weighted by molar-refractivity contribution is -0.147. The van der Waals surface area contributed by atoms with Crippen molar-refractivity contribution < 1.29 is 43.8 Å². The normalized spacial score (nSPS) is 13.9. The van der Waals surface area contributed by atoms with Gasteiger partial charge in [0.2, 0.25) is 29.5 Å². The van der Waals surface area contributed by atoms with Crippen LogP contribution < -0.4 is 33.2 Å². The van der Waals surface area contributed by atoms with E-state index in [2.05, 4.69) is 20.9 Å². The minimum atomic E-state index is -1.81. The molecule has 1 aromatic carbocycles. The Bertz CT molecular complexity index is 1280. The van der Waals surface area contributed by atoms with Crippen LogP contribution in [0.5, 0.6) is 0 Å². The van der Waals surface area contributed by atoms with Gasteiger partial charge >= 0.3 is 11.9 Å². The van der Waals surface area contributed by atoms with Gasteiger partial charge in [0.25, 0.3) is 0 Å². The molecule has 16 heteroatoms. The number of carbonyl (C=O) groups is 7. The van der Waals surface area contributed by atoms with Crippen molar-refractivity contribution in [3.63, 3.8) is 0 Å². The third-order valence-electron chi connectivity index (χ3n) is 5.52. The zero-order valence-electron chi connectivity index (χ0n) is 20.5. The molecule has 0 aliphatic heterocycles. The molecular formula is C23H29N7O9. The lowest BCUT2D eigenvalue weighted by Crippen LogP contribution is -2.58. The van der Waals surface area contributed by atoms with Crippen LogP contribution in [-0.4, -0.2) is 80.8 Å². The maximum Gasteiger partial charge on any atom is 0.326 e. The molecule has 5 amide bonds. The zero-order valence-corrected chi connectivity index (χ0v) is 20.5. The summed E-state index contributed by atoms with van der Waals surface area (Å²) in [5.74, 6) is -8.10. The molecule has 0 saturated heterocycles. The summed E-state index contributed by atoms with van der Waals surface area (Å²) in [4.78, 5) is 86.7. The number of aliphatic carboxylic acids is 2. The Morgan fingerprint density at radius 3 is 1.92 bits per heavy atom. The number of aromatic amines is 1. The zero-order chi connectivity index (χ0) is 29.3. The Hall–Kier alpha value is -4.99. The second kappa shape index (κ2) is 13.5. The van der Waals surface area contributed by atoms with Crippen LogP contribution >= 0.6 is 0 Å². The fourth-order valence-corrected chi connectivity index (χ4v) is 3.65. The monoisotopic (exact) mass is 547 g/mol. The highest BCUT2D eigenvalue weighted by molar-refractivity contribution is 5.97. The fraction of sp³-hybridized carbons (Fsp3) is 0.348. The highest BCUT2D eigenvalue weighted by Gasteiger charge is 2.32. The Morgan fingerprint density at radius 1 is 0.769 bits per heavy atom. The Balaban J connectivity index is 2.34. The molecule has 0 aliphatic rings. The van der Waals surface area contributed by atoms with Gasteiger partial charge in [0, 0.05) is 23.5 Å². The van der Waals surface area contributed by atoms with Crippen molar-refractivity contribution in [3.8, 4) is 0 Å². The van der Waals surface area contributed by atoms with E-state index >= 15 is 0 Å². The van der Waals surface area contributed by atoms with Gasteiger partial charge in [-0.2, -0.15) is 0 Å². The molecule has 210 valence electrons. The van der Waals surface area contributed by atoms with E-state index in [9.17, 15) is 38.7 Å². The molecule has 4 unspecified atom stereocenters. The number of hydrogen-bond acceptors (Lipinski definition) is 8. The van der Waals surface area contributed by atoms with Gasteiger partial charge in [-0.15, -0.1) is 0 Å². The van der Waals surface area contributed by atoms with E-state index in [0.29, 0.717) is 16.5 Å². The van der Waals surface area contributed by atoms with E-state index in [-0.39, 0.29) is 6.42 Å². The Kier molecular flexibility index (Phi) is 10.5. The van der Waals surface area contributed by atoms with Crippen molar-refractivity contribution in [3.05, 3.63) is 36.0 Å².